The van der Waals surface area contributed by atoms with Crippen LogP contribution in [-0.2, 0) is 0 Å². The van der Waals surface area contributed by atoms with Gasteiger partial charge in [-0.15, -0.1) is 0 Å². The van der Waals surface area contributed by atoms with Crippen LogP contribution in [0.25, 0.3) is 0 Å². The third-order valence-electron chi connectivity index (χ3n) is 2.74. The molecule has 1 atom stereocenters. The molecule has 1 aromatic heterocycles. The zero-order chi connectivity index (χ0) is 13.1. The molecule has 4 heteroatoms. The summed E-state index contributed by atoms with van der Waals surface area (Å²) in [7, 11) is 0. The number of benzene rings is 1. The zero-order valence-electron chi connectivity index (χ0n) is 9.81. The van der Waals surface area contributed by atoms with Gasteiger partial charge < -0.3 is 0 Å². The van der Waals surface area contributed by atoms with E-state index >= 15 is 0 Å². The summed E-state index contributed by atoms with van der Waals surface area (Å²) in [5.41, 5.74) is 0.666. The van der Waals surface area contributed by atoms with Gasteiger partial charge in [-0.05, 0) is 46.3 Å². The van der Waals surface area contributed by atoms with E-state index in [-0.39, 0.29) is 11.8 Å². The van der Waals surface area contributed by atoms with Crippen molar-refractivity contribution in [2.75, 3.05) is 0 Å². The van der Waals surface area contributed by atoms with Crippen LogP contribution in [0.2, 0.25) is 5.02 Å². The largest absolute Gasteiger partial charge is 0.287 e. The molecular formula is C14H12BrClNO+. The molecule has 1 aromatic carbocycles. The van der Waals surface area contributed by atoms with Gasteiger partial charge in [0.2, 0.25) is 11.8 Å². The standard InChI is InChI=1S/C14H12BrClNO/c1-10(17-8-2-3-12(15)9-17)14(18)11-4-6-13(16)7-5-11/h2-10H,1H3/q+1/t10-/m1/s1. The second kappa shape index (κ2) is 5.63. The fourth-order valence-electron chi connectivity index (χ4n) is 1.69. The van der Waals surface area contributed by atoms with Crippen LogP contribution in [-0.4, -0.2) is 5.78 Å². The van der Waals surface area contributed by atoms with Crippen LogP contribution in [0.1, 0.15) is 23.3 Å². The molecule has 0 aliphatic rings. The van der Waals surface area contributed by atoms with E-state index in [4.69, 9.17) is 11.6 Å². The lowest BCUT2D eigenvalue weighted by atomic mass is 10.1. The first kappa shape index (κ1) is 13.2. The maximum atomic E-state index is 12.3. The number of halogens is 2. The quantitative estimate of drug-likeness (QED) is 0.620. The molecular weight excluding hydrogens is 314 g/mol. The summed E-state index contributed by atoms with van der Waals surface area (Å²) in [5, 5.41) is 0.634. The number of carbonyl (C=O) groups excluding carboxylic acids is 1. The number of rotatable bonds is 3. The Morgan fingerprint density at radius 2 is 1.94 bits per heavy atom. The predicted octanol–water partition coefficient (Wildman–Crippen LogP) is 3.83. The van der Waals surface area contributed by atoms with Gasteiger partial charge in [-0.25, -0.2) is 0 Å². The normalized spacial score (nSPS) is 12.2. The maximum absolute atomic E-state index is 12.3. The summed E-state index contributed by atoms with van der Waals surface area (Å²) < 4.78 is 2.82. The zero-order valence-corrected chi connectivity index (χ0v) is 12.1. The molecule has 0 aliphatic carbocycles. The van der Waals surface area contributed by atoms with Gasteiger partial charge in [0.15, 0.2) is 12.4 Å². The molecule has 0 saturated carbocycles. The Labute approximate surface area is 119 Å². The van der Waals surface area contributed by atoms with Gasteiger partial charge in [0, 0.05) is 23.6 Å². The maximum Gasteiger partial charge on any atom is 0.230 e. The predicted molar refractivity (Wildman–Crippen MR) is 74.8 cm³/mol. The van der Waals surface area contributed by atoms with Crippen molar-refractivity contribution < 1.29 is 9.36 Å². The molecule has 0 spiro atoms. The molecule has 0 radical (unpaired) electrons. The highest BCUT2D eigenvalue weighted by Crippen LogP contribution is 2.14. The first-order valence-corrected chi connectivity index (χ1v) is 6.71. The minimum Gasteiger partial charge on any atom is -0.287 e. The molecule has 0 fully saturated rings. The summed E-state index contributed by atoms with van der Waals surface area (Å²) >= 11 is 9.21. The van der Waals surface area contributed by atoms with E-state index in [0.29, 0.717) is 10.6 Å². The number of Topliss-reactive ketones (excluding diaryl/α,β-unsaturated/α-hetero) is 1. The first-order valence-electron chi connectivity index (χ1n) is 5.54. The van der Waals surface area contributed by atoms with E-state index in [2.05, 4.69) is 15.9 Å². The summed E-state index contributed by atoms with van der Waals surface area (Å²) in [4.78, 5) is 12.3. The van der Waals surface area contributed by atoms with Crippen LogP contribution in [0.3, 0.4) is 0 Å². The van der Waals surface area contributed by atoms with E-state index in [1.807, 2.05) is 36.0 Å². The highest BCUT2D eigenvalue weighted by atomic mass is 79.9. The Morgan fingerprint density at radius 1 is 1.28 bits per heavy atom. The molecule has 2 aromatic rings. The van der Waals surface area contributed by atoms with Gasteiger partial charge in [0.05, 0.1) is 4.47 Å². The van der Waals surface area contributed by atoms with Gasteiger partial charge in [-0.2, -0.15) is 4.57 Å². The second-order valence-electron chi connectivity index (χ2n) is 4.02. The molecule has 0 unspecified atom stereocenters. The van der Waals surface area contributed by atoms with Crippen LogP contribution in [0.5, 0.6) is 0 Å². The van der Waals surface area contributed by atoms with Crippen LogP contribution in [0, 0.1) is 0 Å². The topological polar surface area (TPSA) is 20.9 Å². The molecule has 0 amide bonds. The van der Waals surface area contributed by atoms with Crippen LogP contribution < -0.4 is 4.57 Å². The van der Waals surface area contributed by atoms with Crippen molar-refractivity contribution in [3.8, 4) is 0 Å². The minimum atomic E-state index is -0.247. The average Bonchev–Trinajstić information content (AvgIpc) is 2.38. The molecule has 18 heavy (non-hydrogen) atoms. The Kier molecular flexibility index (Phi) is 4.15. The molecule has 0 N–H and O–H groups in total. The van der Waals surface area contributed by atoms with Crippen molar-refractivity contribution in [2.24, 2.45) is 0 Å². The van der Waals surface area contributed by atoms with Crippen LogP contribution in [0.15, 0.2) is 53.3 Å². The Hall–Kier alpha value is -1.19. The Balaban J connectivity index is 2.26. The molecule has 0 bridgehead atoms. The van der Waals surface area contributed by atoms with E-state index in [1.165, 1.54) is 0 Å². The number of nitrogens with zero attached hydrogens (tertiary/aromatic N) is 1. The molecule has 0 aliphatic heterocycles. The highest BCUT2D eigenvalue weighted by molar-refractivity contribution is 9.10. The molecule has 92 valence electrons. The lowest BCUT2D eigenvalue weighted by Crippen LogP contribution is -2.41. The first-order chi connectivity index (χ1) is 8.58. The van der Waals surface area contributed by atoms with Crippen molar-refractivity contribution in [2.45, 2.75) is 13.0 Å². The van der Waals surface area contributed by atoms with Gasteiger partial charge in [0.1, 0.15) is 0 Å². The number of hydrogen-bond acceptors (Lipinski definition) is 1. The number of pyridine rings is 1. The van der Waals surface area contributed by atoms with Gasteiger partial charge in [-0.3, -0.25) is 4.79 Å². The van der Waals surface area contributed by atoms with Gasteiger partial charge in [0.25, 0.3) is 0 Å². The van der Waals surface area contributed by atoms with Crippen molar-refractivity contribution in [1.29, 1.82) is 0 Å². The average molecular weight is 326 g/mol. The fraction of sp³-hybridized carbons (Fsp3) is 0.143. The summed E-state index contributed by atoms with van der Waals surface area (Å²) in [6.45, 7) is 1.88. The second-order valence-corrected chi connectivity index (χ2v) is 5.37. The van der Waals surface area contributed by atoms with E-state index < -0.39 is 0 Å². The fourth-order valence-corrected chi connectivity index (χ4v) is 2.21. The smallest absolute Gasteiger partial charge is 0.230 e. The Bertz CT molecular complexity index is 568. The van der Waals surface area contributed by atoms with Gasteiger partial charge >= 0.3 is 0 Å². The van der Waals surface area contributed by atoms with Crippen molar-refractivity contribution >= 4 is 33.3 Å². The van der Waals surface area contributed by atoms with E-state index in [1.54, 1.807) is 24.3 Å². The number of aromatic nitrogens is 1. The van der Waals surface area contributed by atoms with Gasteiger partial charge in [-0.1, -0.05) is 11.6 Å². The highest BCUT2D eigenvalue weighted by Gasteiger charge is 2.23. The molecule has 1 heterocycles. The SMILES string of the molecule is C[C@H](C(=O)c1ccc(Cl)cc1)[n+]1cccc(Br)c1. The minimum absolute atomic E-state index is 0.0646. The number of carbonyl (C=O) groups is 1. The van der Waals surface area contributed by atoms with E-state index in [0.717, 1.165) is 4.47 Å². The third kappa shape index (κ3) is 2.98. The summed E-state index contributed by atoms with van der Waals surface area (Å²) in [6, 6.07) is 10.5. The van der Waals surface area contributed by atoms with Crippen LogP contribution in [0.4, 0.5) is 0 Å². The number of hydrogen-bond donors (Lipinski definition) is 0. The van der Waals surface area contributed by atoms with Crippen molar-refractivity contribution in [3.05, 3.63) is 63.9 Å². The lowest BCUT2D eigenvalue weighted by molar-refractivity contribution is -0.705. The number of ketones is 1. The van der Waals surface area contributed by atoms with Crippen LogP contribution >= 0.6 is 27.5 Å². The monoisotopic (exact) mass is 324 g/mol. The summed E-state index contributed by atoms with van der Waals surface area (Å²) in [5.74, 6) is 0.0646. The van der Waals surface area contributed by atoms with Crippen molar-refractivity contribution in [3.63, 3.8) is 0 Å². The molecule has 2 rings (SSSR count). The van der Waals surface area contributed by atoms with E-state index in [9.17, 15) is 4.79 Å². The lowest BCUT2D eigenvalue weighted by Gasteiger charge is -2.06. The molecule has 2 nitrogen and oxygen atoms in total. The van der Waals surface area contributed by atoms with Crippen molar-refractivity contribution in [1.82, 2.24) is 0 Å². The summed E-state index contributed by atoms with van der Waals surface area (Å²) in [6.07, 6.45) is 3.77. The Morgan fingerprint density at radius 3 is 2.56 bits per heavy atom. The third-order valence-corrected chi connectivity index (χ3v) is 3.46. The molecule has 0 saturated heterocycles.